The van der Waals surface area contributed by atoms with Crippen molar-refractivity contribution in [2.45, 2.75) is 58.3 Å². The summed E-state index contributed by atoms with van der Waals surface area (Å²) in [5, 5.41) is 0. The molecule has 2 N–H and O–H groups in total. The molecule has 3 heteroatoms. The third-order valence-corrected chi connectivity index (χ3v) is 3.59. The quantitative estimate of drug-likeness (QED) is 0.615. The molecule has 0 saturated heterocycles. The molecule has 1 rings (SSSR count). The Morgan fingerprint density at radius 1 is 1.16 bits per heavy atom. The Morgan fingerprint density at radius 3 is 2.32 bits per heavy atom. The molecule has 0 aliphatic carbocycles. The number of hydrogen-bond donors (Lipinski definition) is 1. The van der Waals surface area contributed by atoms with Gasteiger partial charge >= 0.3 is 0 Å². The zero-order chi connectivity index (χ0) is 13.9. The average molecular weight is 264 g/mol. The molecule has 1 aliphatic rings. The molecular weight excluding hydrogens is 236 g/mol. The van der Waals surface area contributed by atoms with Gasteiger partial charge in [-0.15, -0.1) is 0 Å². The Morgan fingerprint density at radius 2 is 1.79 bits per heavy atom. The van der Waals surface area contributed by atoms with E-state index in [-0.39, 0.29) is 5.91 Å². The fourth-order valence-corrected chi connectivity index (χ4v) is 2.33. The number of nitrogens with zero attached hydrogens (tertiary/aromatic N) is 1. The van der Waals surface area contributed by atoms with E-state index in [2.05, 4.69) is 11.8 Å². The van der Waals surface area contributed by atoms with Crippen LogP contribution in [0.4, 0.5) is 0 Å². The highest BCUT2D eigenvalue weighted by Gasteiger charge is 2.07. The van der Waals surface area contributed by atoms with Gasteiger partial charge in [0, 0.05) is 24.9 Å². The van der Waals surface area contributed by atoms with Crippen LogP contribution in [0.2, 0.25) is 0 Å². The molecule has 108 valence electrons. The van der Waals surface area contributed by atoms with Crippen molar-refractivity contribution in [2.75, 3.05) is 13.1 Å². The smallest absolute Gasteiger partial charge is 0.248 e. The van der Waals surface area contributed by atoms with Crippen LogP contribution in [0.1, 0.15) is 58.3 Å². The third kappa shape index (κ3) is 7.04. The molecule has 3 nitrogen and oxygen atoms in total. The summed E-state index contributed by atoms with van der Waals surface area (Å²) in [6, 6.07) is 0. The number of unbranched alkanes of at least 4 members (excludes halogenated alkanes) is 7. The first-order chi connectivity index (χ1) is 9.24. The summed E-state index contributed by atoms with van der Waals surface area (Å²) < 4.78 is 0. The lowest BCUT2D eigenvalue weighted by Crippen LogP contribution is -2.24. The average Bonchev–Trinajstić information content (AvgIpc) is 2.42. The maximum absolute atomic E-state index is 11.0. The van der Waals surface area contributed by atoms with E-state index in [1.807, 2.05) is 18.4 Å². The van der Waals surface area contributed by atoms with Gasteiger partial charge in [-0.1, -0.05) is 57.9 Å². The first-order valence-corrected chi connectivity index (χ1v) is 7.66. The van der Waals surface area contributed by atoms with E-state index in [0.717, 1.165) is 13.1 Å². The highest BCUT2D eigenvalue weighted by molar-refractivity contribution is 5.94. The van der Waals surface area contributed by atoms with Crippen LogP contribution < -0.4 is 5.73 Å². The monoisotopic (exact) mass is 264 g/mol. The Kier molecular flexibility index (Phi) is 8.03. The van der Waals surface area contributed by atoms with Crippen LogP contribution in [-0.2, 0) is 4.79 Å². The van der Waals surface area contributed by atoms with Crippen molar-refractivity contribution in [2.24, 2.45) is 5.73 Å². The lowest BCUT2D eigenvalue weighted by Gasteiger charge is -2.21. The summed E-state index contributed by atoms with van der Waals surface area (Å²) in [5.41, 5.74) is 5.86. The van der Waals surface area contributed by atoms with Gasteiger partial charge in [0.15, 0.2) is 0 Å². The third-order valence-electron chi connectivity index (χ3n) is 3.59. The fourth-order valence-electron chi connectivity index (χ4n) is 2.33. The van der Waals surface area contributed by atoms with Crippen molar-refractivity contribution in [3.05, 3.63) is 23.9 Å². The lowest BCUT2D eigenvalue weighted by molar-refractivity contribution is -0.114. The van der Waals surface area contributed by atoms with Crippen molar-refractivity contribution in [3.8, 4) is 0 Å². The summed E-state index contributed by atoms with van der Waals surface area (Å²) in [6.45, 7) is 4.14. The predicted molar refractivity (Wildman–Crippen MR) is 80.6 cm³/mol. The van der Waals surface area contributed by atoms with E-state index in [0.29, 0.717) is 5.57 Å². The van der Waals surface area contributed by atoms with Gasteiger partial charge in [0.2, 0.25) is 5.91 Å². The molecule has 19 heavy (non-hydrogen) atoms. The van der Waals surface area contributed by atoms with E-state index in [1.54, 1.807) is 0 Å². The molecule has 0 fully saturated rings. The Hall–Kier alpha value is -1.25. The van der Waals surface area contributed by atoms with E-state index in [1.165, 1.54) is 51.4 Å². The minimum absolute atomic E-state index is 0.331. The van der Waals surface area contributed by atoms with Crippen molar-refractivity contribution in [1.82, 2.24) is 4.90 Å². The lowest BCUT2D eigenvalue weighted by atomic mass is 10.1. The van der Waals surface area contributed by atoms with Crippen LogP contribution in [0, 0.1) is 0 Å². The number of carbonyl (C=O) groups excluding carboxylic acids is 1. The molecule has 1 amide bonds. The Labute approximate surface area is 117 Å². The van der Waals surface area contributed by atoms with Crippen LogP contribution in [0.15, 0.2) is 23.9 Å². The zero-order valence-corrected chi connectivity index (χ0v) is 12.2. The number of rotatable bonds is 10. The molecule has 0 bridgehead atoms. The molecule has 0 spiro atoms. The molecule has 1 heterocycles. The highest BCUT2D eigenvalue weighted by atomic mass is 16.1. The second-order valence-corrected chi connectivity index (χ2v) is 5.31. The summed E-state index contributed by atoms with van der Waals surface area (Å²) in [4.78, 5) is 13.2. The number of hydrogen-bond acceptors (Lipinski definition) is 2. The molecule has 0 aromatic carbocycles. The zero-order valence-electron chi connectivity index (χ0n) is 12.2. The molecule has 0 saturated carbocycles. The van der Waals surface area contributed by atoms with Gasteiger partial charge in [-0.25, -0.2) is 0 Å². The van der Waals surface area contributed by atoms with Crippen LogP contribution in [0.25, 0.3) is 0 Å². The largest absolute Gasteiger partial charge is 0.374 e. The van der Waals surface area contributed by atoms with Gasteiger partial charge < -0.3 is 10.6 Å². The van der Waals surface area contributed by atoms with Gasteiger partial charge in [-0.2, -0.15) is 0 Å². The first kappa shape index (κ1) is 15.8. The van der Waals surface area contributed by atoms with Gasteiger partial charge in [0.1, 0.15) is 0 Å². The molecular formula is C16H28N2O. The van der Waals surface area contributed by atoms with Crippen LogP contribution in [0.5, 0.6) is 0 Å². The van der Waals surface area contributed by atoms with Crippen molar-refractivity contribution in [1.29, 1.82) is 0 Å². The topological polar surface area (TPSA) is 46.3 Å². The Balaban J connectivity index is 1.97. The Bertz CT molecular complexity index is 321. The van der Waals surface area contributed by atoms with Crippen LogP contribution >= 0.6 is 0 Å². The molecule has 0 unspecified atom stereocenters. The van der Waals surface area contributed by atoms with Gasteiger partial charge in [0.05, 0.1) is 0 Å². The summed E-state index contributed by atoms with van der Waals surface area (Å²) in [6.07, 6.45) is 16.5. The van der Waals surface area contributed by atoms with Gasteiger partial charge in [0.25, 0.3) is 0 Å². The van der Waals surface area contributed by atoms with Gasteiger partial charge in [-0.3, -0.25) is 4.79 Å². The number of amides is 1. The summed E-state index contributed by atoms with van der Waals surface area (Å²) in [7, 11) is 0. The van der Waals surface area contributed by atoms with Crippen molar-refractivity contribution < 1.29 is 4.79 Å². The van der Waals surface area contributed by atoms with E-state index in [9.17, 15) is 4.79 Å². The number of carbonyl (C=O) groups is 1. The normalized spacial score (nSPS) is 14.6. The summed E-state index contributed by atoms with van der Waals surface area (Å²) >= 11 is 0. The standard InChI is InChI=1S/C16H28N2O/c1-2-3-4-5-6-7-8-9-12-18-13-10-15(11-14-18)16(17)19/h10-11,13H,2-9,12,14H2,1H3,(H2,17,19). The fraction of sp³-hybridized carbons (Fsp3) is 0.688. The maximum atomic E-state index is 11.0. The first-order valence-electron chi connectivity index (χ1n) is 7.66. The molecule has 0 aromatic heterocycles. The van der Waals surface area contributed by atoms with Crippen LogP contribution in [-0.4, -0.2) is 23.9 Å². The van der Waals surface area contributed by atoms with Gasteiger partial charge in [-0.05, 0) is 12.5 Å². The number of nitrogens with two attached hydrogens (primary N) is 1. The second-order valence-electron chi connectivity index (χ2n) is 5.31. The number of primary amides is 1. The van der Waals surface area contributed by atoms with Crippen molar-refractivity contribution in [3.63, 3.8) is 0 Å². The van der Waals surface area contributed by atoms with E-state index in [4.69, 9.17) is 5.73 Å². The highest BCUT2D eigenvalue weighted by Crippen LogP contribution is 2.11. The van der Waals surface area contributed by atoms with Crippen LogP contribution in [0.3, 0.4) is 0 Å². The maximum Gasteiger partial charge on any atom is 0.248 e. The predicted octanol–water partition coefficient (Wildman–Crippen LogP) is 3.37. The van der Waals surface area contributed by atoms with E-state index >= 15 is 0 Å². The van der Waals surface area contributed by atoms with Crippen molar-refractivity contribution >= 4 is 5.91 Å². The summed E-state index contributed by atoms with van der Waals surface area (Å²) in [5.74, 6) is -0.331. The molecule has 0 aromatic rings. The molecule has 0 atom stereocenters. The minimum Gasteiger partial charge on any atom is -0.374 e. The SMILES string of the molecule is CCCCCCCCCCN1C=CC(C(N)=O)=CC1. The molecule has 1 aliphatic heterocycles. The second kappa shape index (κ2) is 9.65. The minimum atomic E-state index is -0.331. The van der Waals surface area contributed by atoms with E-state index < -0.39 is 0 Å². The molecule has 0 radical (unpaired) electrons.